The minimum Gasteiger partial charge on any atom is -0.0917 e. The normalized spacial score (nSPS) is 10.6. The van der Waals surface area contributed by atoms with Crippen molar-refractivity contribution in [2.75, 3.05) is 4.43 Å². The first-order valence-corrected chi connectivity index (χ1v) is 4.11. The second-order valence-corrected chi connectivity index (χ2v) is 2.48. The maximum absolute atomic E-state index is 2.39. The number of rotatable bonds is 3. The lowest BCUT2D eigenvalue weighted by Gasteiger charge is -1.82. The van der Waals surface area contributed by atoms with E-state index >= 15 is 0 Å². The Morgan fingerprint density at radius 1 is 1.57 bits per heavy atom. The predicted molar refractivity (Wildman–Crippen MR) is 42.9 cm³/mol. The molecule has 7 heavy (non-hydrogen) atoms. The minimum atomic E-state index is 1.25. The molecule has 0 aromatic carbocycles. The molecule has 0 aromatic heterocycles. The molecule has 0 saturated carbocycles. The number of hydrogen-bond donors (Lipinski definition) is 0. The molecule has 0 aromatic rings. The van der Waals surface area contributed by atoms with Crippen LogP contribution in [0.3, 0.4) is 0 Å². The molecule has 0 nitrogen and oxygen atoms in total. The van der Waals surface area contributed by atoms with Crippen LogP contribution >= 0.6 is 22.6 Å². The summed E-state index contributed by atoms with van der Waals surface area (Å²) in [5.74, 6) is 0. The van der Waals surface area contributed by atoms with E-state index in [4.69, 9.17) is 0 Å². The Balaban J connectivity index is 2.69. The van der Waals surface area contributed by atoms with Crippen LogP contribution in [0.25, 0.3) is 0 Å². The quantitative estimate of drug-likeness (QED) is 0.291. The third kappa shape index (κ3) is 6.47. The number of halogens is 1. The number of hydrogen-bond acceptors (Lipinski definition) is 0. The van der Waals surface area contributed by atoms with Gasteiger partial charge in [0, 0.05) is 0 Å². The number of alkyl halides is 1. The molecule has 0 spiro atoms. The molecule has 0 atom stereocenters. The van der Waals surface area contributed by atoms with Gasteiger partial charge in [-0.25, -0.2) is 0 Å². The summed E-state index contributed by atoms with van der Waals surface area (Å²) in [7, 11) is 0. The Kier molecular flexibility index (Phi) is 6.90. The van der Waals surface area contributed by atoms with Crippen molar-refractivity contribution in [2.24, 2.45) is 0 Å². The molecule has 0 aliphatic rings. The summed E-state index contributed by atoms with van der Waals surface area (Å²) < 4.78 is 1.28. The highest BCUT2D eigenvalue weighted by atomic mass is 127. The maximum atomic E-state index is 2.39. The SMILES string of the molecule is CC=CCCCI. The second kappa shape index (κ2) is 6.47. The molecule has 0 unspecified atom stereocenters. The fourth-order valence-electron chi connectivity index (χ4n) is 0.362. The zero-order chi connectivity index (χ0) is 5.54. The van der Waals surface area contributed by atoms with E-state index in [1.54, 1.807) is 0 Å². The summed E-state index contributed by atoms with van der Waals surface area (Å²) in [6.07, 6.45) is 6.88. The molecule has 0 N–H and O–H groups in total. The average molecular weight is 210 g/mol. The van der Waals surface area contributed by atoms with Gasteiger partial charge in [0.15, 0.2) is 0 Å². The van der Waals surface area contributed by atoms with Crippen LogP contribution in [0, 0.1) is 0 Å². The first kappa shape index (κ1) is 7.47. The second-order valence-electron chi connectivity index (χ2n) is 1.40. The third-order valence-electron chi connectivity index (χ3n) is 0.740. The van der Waals surface area contributed by atoms with E-state index in [2.05, 4.69) is 41.7 Å². The lowest BCUT2D eigenvalue weighted by Crippen LogP contribution is -1.67. The Labute approximate surface area is 59.1 Å². The van der Waals surface area contributed by atoms with Crippen molar-refractivity contribution < 1.29 is 0 Å². The largest absolute Gasteiger partial charge is 0.0917 e. The lowest BCUT2D eigenvalue weighted by atomic mass is 10.3. The molecule has 0 radical (unpaired) electrons. The van der Waals surface area contributed by atoms with Crippen LogP contribution < -0.4 is 0 Å². The summed E-state index contributed by atoms with van der Waals surface area (Å²) in [6.45, 7) is 2.06. The van der Waals surface area contributed by atoms with Gasteiger partial charge in [0.2, 0.25) is 0 Å². The van der Waals surface area contributed by atoms with Crippen LogP contribution in [-0.4, -0.2) is 4.43 Å². The van der Waals surface area contributed by atoms with E-state index in [1.165, 1.54) is 17.3 Å². The van der Waals surface area contributed by atoms with Gasteiger partial charge in [-0.3, -0.25) is 0 Å². The molecule has 1 heteroatoms. The van der Waals surface area contributed by atoms with Crippen molar-refractivity contribution in [3.8, 4) is 0 Å². The van der Waals surface area contributed by atoms with Crippen LogP contribution in [0.1, 0.15) is 19.8 Å². The van der Waals surface area contributed by atoms with Gasteiger partial charge in [-0.1, -0.05) is 34.7 Å². The zero-order valence-corrected chi connectivity index (χ0v) is 6.81. The van der Waals surface area contributed by atoms with Gasteiger partial charge in [0.1, 0.15) is 0 Å². The number of allylic oxidation sites excluding steroid dienone is 2. The van der Waals surface area contributed by atoms with Crippen molar-refractivity contribution in [2.45, 2.75) is 19.8 Å². The highest BCUT2D eigenvalue weighted by Crippen LogP contribution is 1.94. The highest BCUT2D eigenvalue weighted by Gasteiger charge is 1.74. The van der Waals surface area contributed by atoms with Gasteiger partial charge in [0.05, 0.1) is 0 Å². The van der Waals surface area contributed by atoms with Gasteiger partial charge in [-0.2, -0.15) is 0 Å². The number of unbranched alkanes of at least 4 members (excludes halogenated alkanes) is 1. The zero-order valence-electron chi connectivity index (χ0n) is 4.65. The van der Waals surface area contributed by atoms with Gasteiger partial charge < -0.3 is 0 Å². The summed E-state index contributed by atoms with van der Waals surface area (Å²) in [5.41, 5.74) is 0. The van der Waals surface area contributed by atoms with E-state index < -0.39 is 0 Å². The Hall–Kier alpha value is 0.470. The Morgan fingerprint density at radius 2 is 2.29 bits per heavy atom. The van der Waals surface area contributed by atoms with Crippen LogP contribution in [0.15, 0.2) is 12.2 Å². The average Bonchev–Trinajstić information content (AvgIpc) is 1.69. The summed E-state index contributed by atoms with van der Waals surface area (Å²) in [6, 6.07) is 0. The van der Waals surface area contributed by atoms with Gasteiger partial charge in [-0.05, 0) is 24.2 Å². The van der Waals surface area contributed by atoms with E-state index in [-0.39, 0.29) is 0 Å². The minimum absolute atomic E-state index is 1.25. The standard InChI is InChI=1S/C6H11I/c1-2-3-4-5-6-7/h2-3H,4-6H2,1H3. The lowest BCUT2D eigenvalue weighted by molar-refractivity contribution is 0.984. The summed E-state index contributed by atoms with van der Waals surface area (Å²) in [5, 5.41) is 0. The van der Waals surface area contributed by atoms with Crippen LogP contribution in [0.2, 0.25) is 0 Å². The first-order valence-electron chi connectivity index (χ1n) is 2.59. The van der Waals surface area contributed by atoms with Gasteiger partial charge in [0.25, 0.3) is 0 Å². The highest BCUT2D eigenvalue weighted by molar-refractivity contribution is 14.1. The van der Waals surface area contributed by atoms with E-state index in [1.807, 2.05) is 0 Å². The maximum Gasteiger partial charge on any atom is -0.000178 e. The van der Waals surface area contributed by atoms with E-state index in [0.29, 0.717) is 0 Å². The monoisotopic (exact) mass is 210 g/mol. The molecule has 0 rings (SSSR count). The molecule has 0 fully saturated rings. The molecule has 0 saturated heterocycles. The van der Waals surface area contributed by atoms with Crippen molar-refractivity contribution in [3.63, 3.8) is 0 Å². The van der Waals surface area contributed by atoms with Crippen molar-refractivity contribution in [1.29, 1.82) is 0 Å². The van der Waals surface area contributed by atoms with E-state index in [0.717, 1.165) is 0 Å². The molecular formula is C6H11I. The fourth-order valence-corrected chi connectivity index (χ4v) is 0.802. The smallest absolute Gasteiger partial charge is 0.000178 e. The van der Waals surface area contributed by atoms with Gasteiger partial charge >= 0.3 is 0 Å². The molecule has 42 valence electrons. The molecule has 0 aliphatic heterocycles. The Bertz CT molecular complexity index is 48.1. The molecular weight excluding hydrogens is 199 g/mol. The summed E-state index contributed by atoms with van der Waals surface area (Å²) in [4.78, 5) is 0. The fraction of sp³-hybridized carbons (Fsp3) is 0.667. The third-order valence-corrected chi connectivity index (χ3v) is 1.50. The molecule has 0 amide bonds. The molecule has 0 bridgehead atoms. The van der Waals surface area contributed by atoms with Crippen molar-refractivity contribution in [1.82, 2.24) is 0 Å². The van der Waals surface area contributed by atoms with Crippen molar-refractivity contribution in [3.05, 3.63) is 12.2 Å². The molecule has 0 heterocycles. The van der Waals surface area contributed by atoms with Crippen LogP contribution in [-0.2, 0) is 0 Å². The summed E-state index contributed by atoms with van der Waals surface area (Å²) >= 11 is 2.39. The van der Waals surface area contributed by atoms with Crippen LogP contribution in [0.4, 0.5) is 0 Å². The van der Waals surface area contributed by atoms with Crippen molar-refractivity contribution >= 4 is 22.6 Å². The van der Waals surface area contributed by atoms with E-state index in [9.17, 15) is 0 Å². The first-order chi connectivity index (χ1) is 3.41. The topological polar surface area (TPSA) is 0 Å². The molecule has 0 aliphatic carbocycles. The Morgan fingerprint density at radius 3 is 2.71 bits per heavy atom. The van der Waals surface area contributed by atoms with Gasteiger partial charge in [-0.15, -0.1) is 0 Å². The predicted octanol–water partition coefficient (Wildman–Crippen LogP) is 2.78. The van der Waals surface area contributed by atoms with Crippen LogP contribution in [0.5, 0.6) is 0 Å².